The van der Waals surface area contributed by atoms with Crippen LogP contribution in [0.3, 0.4) is 0 Å². The molecular formula is C11H9N5O2. The van der Waals surface area contributed by atoms with E-state index in [4.69, 9.17) is 4.74 Å². The van der Waals surface area contributed by atoms with Gasteiger partial charge < -0.3 is 4.74 Å². The molecule has 18 heavy (non-hydrogen) atoms. The Morgan fingerprint density at radius 3 is 3.11 bits per heavy atom. The van der Waals surface area contributed by atoms with E-state index < -0.39 is 5.97 Å². The van der Waals surface area contributed by atoms with Crippen LogP contribution >= 0.6 is 0 Å². The van der Waals surface area contributed by atoms with Gasteiger partial charge in [-0.3, -0.25) is 9.67 Å². The maximum Gasteiger partial charge on any atom is 0.359 e. The first-order chi connectivity index (χ1) is 8.79. The highest BCUT2D eigenvalue weighted by atomic mass is 16.5. The van der Waals surface area contributed by atoms with Gasteiger partial charge in [0, 0.05) is 17.8 Å². The van der Waals surface area contributed by atoms with E-state index in [-0.39, 0.29) is 5.69 Å². The molecule has 3 heterocycles. The minimum atomic E-state index is -0.508. The van der Waals surface area contributed by atoms with Crippen molar-refractivity contribution in [2.75, 3.05) is 7.11 Å². The van der Waals surface area contributed by atoms with Crippen molar-refractivity contribution in [1.82, 2.24) is 24.7 Å². The number of imidazole rings is 1. The van der Waals surface area contributed by atoms with E-state index in [2.05, 4.69) is 20.2 Å². The lowest BCUT2D eigenvalue weighted by molar-refractivity contribution is 0.0596. The quantitative estimate of drug-likeness (QED) is 0.677. The van der Waals surface area contributed by atoms with Crippen LogP contribution in [0.4, 0.5) is 0 Å². The zero-order valence-electron chi connectivity index (χ0n) is 9.49. The molecule has 0 fully saturated rings. The molecule has 7 nitrogen and oxygen atoms in total. The van der Waals surface area contributed by atoms with Crippen molar-refractivity contribution in [2.24, 2.45) is 0 Å². The highest BCUT2D eigenvalue weighted by Crippen LogP contribution is 2.18. The fourth-order valence-electron chi connectivity index (χ4n) is 1.71. The maximum atomic E-state index is 11.7. The number of nitrogens with one attached hydrogen (secondary N) is 1. The van der Waals surface area contributed by atoms with Gasteiger partial charge in [0.25, 0.3) is 0 Å². The number of rotatable bonds is 2. The Bertz CT molecular complexity index is 701. The summed E-state index contributed by atoms with van der Waals surface area (Å²) < 4.78 is 6.42. The van der Waals surface area contributed by atoms with Crippen LogP contribution in [0.25, 0.3) is 16.7 Å². The second kappa shape index (κ2) is 3.95. The number of fused-ring (bicyclic) bond motifs is 1. The molecule has 0 spiro atoms. The Kier molecular flexibility index (Phi) is 2.30. The van der Waals surface area contributed by atoms with E-state index >= 15 is 0 Å². The van der Waals surface area contributed by atoms with Gasteiger partial charge in [-0.15, -0.1) is 0 Å². The molecule has 0 atom stereocenters. The zero-order chi connectivity index (χ0) is 12.5. The molecule has 3 rings (SSSR count). The minimum absolute atomic E-state index is 0.205. The number of methoxy groups -OCH3 is 1. The van der Waals surface area contributed by atoms with Crippen molar-refractivity contribution in [1.29, 1.82) is 0 Å². The van der Waals surface area contributed by atoms with Crippen LogP contribution in [0.5, 0.6) is 0 Å². The SMILES string of the molecule is COC(=O)c1nc(-n2ccnc2)cc2cn[nH]c12. The van der Waals surface area contributed by atoms with Crippen molar-refractivity contribution in [3.8, 4) is 5.82 Å². The molecule has 7 heteroatoms. The molecule has 90 valence electrons. The lowest BCUT2D eigenvalue weighted by atomic mass is 10.2. The second-order valence-electron chi connectivity index (χ2n) is 3.62. The fourth-order valence-corrected chi connectivity index (χ4v) is 1.71. The van der Waals surface area contributed by atoms with Crippen molar-refractivity contribution >= 4 is 16.9 Å². The number of carbonyl (C=O) groups excluding carboxylic acids is 1. The largest absolute Gasteiger partial charge is 0.464 e. The molecule has 0 radical (unpaired) electrons. The number of hydrogen-bond acceptors (Lipinski definition) is 5. The Hall–Kier alpha value is -2.70. The number of aromatic amines is 1. The molecule has 0 saturated carbocycles. The van der Waals surface area contributed by atoms with Crippen LogP contribution < -0.4 is 0 Å². The first kappa shape index (κ1) is 10.5. The number of carbonyl (C=O) groups is 1. The number of pyridine rings is 1. The minimum Gasteiger partial charge on any atom is -0.464 e. The van der Waals surface area contributed by atoms with Gasteiger partial charge >= 0.3 is 5.97 Å². The molecule has 3 aromatic heterocycles. The third kappa shape index (κ3) is 1.53. The van der Waals surface area contributed by atoms with Gasteiger partial charge in [-0.1, -0.05) is 0 Å². The van der Waals surface area contributed by atoms with Crippen molar-refractivity contribution < 1.29 is 9.53 Å². The van der Waals surface area contributed by atoms with Crippen LogP contribution in [0.1, 0.15) is 10.5 Å². The summed E-state index contributed by atoms with van der Waals surface area (Å²) >= 11 is 0. The highest BCUT2D eigenvalue weighted by Gasteiger charge is 2.16. The summed E-state index contributed by atoms with van der Waals surface area (Å²) in [7, 11) is 1.32. The normalized spacial score (nSPS) is 10.7. The average molecular weight is 243 g/mol. The predicted octanol–water partition coefficient (Wildman–Crippen LogP) is 0.930. The average Bonchev–Trinajstić information content (AvgIpc) is 3.06. The van der Waals surface area contributed by atoms with Gasteiger partial charge in [-0.05, 0) is 6.07 Å². The lowest BCUT2D eigenvalue weighted by Gasteiger charge is -2.05. The third-order valence-corrected chi connectivity index (χ3v) is 2.56. The Labute approximate surface area is 101 Å². The molecule has 0 amide bonds. The lowest BCUT2D eigenvalue weighted by Crippen LogP contribution is -2.08. The molecule has 0 unspecified atom stereocenters. The summed E-state index contributed by atoms with van der Waals surface area (Å²) in [5, 5.41) is 7.43. The second-order valence-corrected chi connectivity index (χ2v) is 3.62. The topological polar surface area (TPSA) is 85.7 Å². The van der Waals surface area contributed by atoms with E-state index in [9.17, 15) is 4.79 Å². The highest BCUT2D eigenvalue weighted by molar-refractivity contribution is 6.01. The molecule has 0 aliphatic rings. The standard InChI is InChI=1S/C11H9N5O2/c1-18-11(17)10-9-7(5-13-15-9)4-8(14-10)16-3-2-12-6-16/h2-6H,1H3,(H,13,15). The molecule has 3 aromatic rings. The smallest absolute Gasteiger partial charge is 0.359 e. The molecule has 0 aliphatic heterocycles. The monoisotopic (exact) mass is 243 g/mol. The molecule has 0 aromatic carbocycles. The third-order valence-electron chi connectivity index (χ3n) is 2.56. The van der Waals surface area contributed by atoms with Gasteiger partial charge in [0.1, 0.15) is 12.1 Å². The maximum absolute atomic E-state index is 11.7. The predicted molar refractivity (Wildman–Crippen MR) is 62.4 cm³/mol. The van der Waals surface area contributed by atoms with Crippen molar-refractivity contribution in [3.05, 3.63) is 36.7 Å². The summed E-state index contributed by atoms with van der Waals surface area (Å²) in [4.78, 5) is 19.9. The van der Waals surface area contributed by atoms with Crippen LogP contribution in [-0.2, 0) is 4.74 Å². The number of H-pyrrole nitrogens is 1. The summed E-state index contributed by atoms with van der Waals surface area (Å²) in [5.74, 6) is 0.0769. The van der Waals surface area contributed by atoms with Gasteiger partial charge in [0.15, 0.2) is 5.69 Å². The fraction of sp³-hybridized carbons (Fsp3) is 0.0909. The molecule has 0 aliphatic carbocycles. The van der Waals surface area contributed by atoms with E-state index in [0.717, 1.165) is 5.39 Å². The first-order valence-corrected chi connectivity index (χ1v) is 5.20. The van der Waals surface area contributed by atoms with Gasteiger partial charge in [0.05, 0.1) is 18.8 Å². The zero-order valence-corrected chi connectivity index (χ0v) is 9.49. The van der Waals surface area contributed by atoms with E-state index in [1.165, 1.54) is 7.11 Å². The number of aromatic nitrogens is 5. The van der Waals surface area contributed by atoms with Gasteiger partial charge in [0.2, 0.25) is 0 Å². The van der Waals surface area contributed by atoms with E-state index in [0.29, 0.717) is 11.3 Å². The number of nitrogens with zero attached hydrogens (tertiary/aromatic N) is 4. The molecular weight excluding hydrogens is 234 g/mol. The Balaban J connectivity index is 2.26. The van der Waals surface area contributed by atoms with Crippen molar-refractivity contribution in [2.45, 2.75) is 0 Å². The van der Waals surface area contributed by atoms with Gasteiger partial charge in [-0.25, -0.2) is 14.8 Å². The van der Waals surface area contributed by atoms with E-state index in [1.807, 2.05) is 6.07 Å². The van der Waals surface area contributed by atoms with Crippen LogP contribution in [0.15, 0.2) is 31.0 Å². The van der Waals surface area contributed by atoms with Crippen LogP contribution in [-0.4, -0.2) is 37.8 Å². The van der Waals surface area contributed by atoms with Crippen LogP contribution in [0, 0.1) is 0 Å². The summed E-state index contributed by atoms with van der Waals surface area (Å²) in [6, 6.07) is 1.81. The Morgan fingerprint density at radius 1 is 1.50 bits per heavy atom. The molecule has 0 bridgehead atoms. The summed E-state index contributed by atoms with van der Waals surface area (Å²) in [6.07, 6.45) is 6.62. The Morgan fingerprint density at radius 2 is 2.39 bits per heavy atom. The summed E-state index contributed by atoms with van der Waals surface area (Å²) in [5.41, 5.74) is 0.766. The first-order valence-electron chi connectivity index (χ1n) is 5.20. The van der Waals surface area contributed by atoms with Gasteiger partial charge in [-0.2, -0.15) is 5.10 Å². The number of ether oxygens (including phenoxy) is 1. The molecule has 0 saturated heterocycles. The molecule has 1 N–H and O–H groups in total. The van der Waals surface area contributed by atoms with Crippen LogP contribution in [0.2, 0.25) is 0 Å². The number of hydrogen-bond donors (Lipinski definition) is 1. The summed E-state index contributed by atoms with van der Waals surface area (Å²) in [6.45, 7) is 0. The van der Waals surface area contributed by atoms with E-state index in [1.54, 1.807) is 29.5 Å². The number of esters is 1. The van der Waals surface area contributed by atoms with Crippen molar-refractivity contribution in [3.63, 3.8) is 0 Å².